The highest BCUT2D eigenvalue weighted by Crippen LogP contribution is 2.19. The van der Waals surface area contributed by atoms with Gasteiger partial charge in [-0.25, -0.2) is 10.4 Å². The van der Waals surface area contributed by atoms with Crippen LogP contribution in [-0.2, 0) is 6.61 Å². The van der Waals surface area contributed by atoms with E-state index in [1.807, 2.05) is 42.5 Å². The van der Waals surface area contributed by atoms with Crippen molar-refractivity contribution in [3.8, 4) is 5.75 Å². The minimum absolute atomic E-state index is 0.329. The molecule has 1 amide bonds. The number of benzene rings is 2. The number of ether oxygens (including phenoxy) is 1. The quantitative estimate of drug-likeness (QED) is 0.504. The summed E-state index contributed by atoms with van der Waals surface area (Å²) in [4.78, 5) is 16.6. The molecule has 0 bridgehead atoms. The minimum Gasteiger partial charge on any atom is -0.489 e. The van der Waals surface area contributed by atoms with Crippen LogP contribution in [0.5, 0.6) is 5.75 Å². The summed E-state index contributed by atoms with van der Waals surface area (Å²) < 4.78 is 5.86. The van der Waals surface area contributed by atoms with E-state index in [9.17, 15) is 4.79 Å². The van der Waals surface area contributed by atoms with Crippen LogP contribution in [0.2, 0.25) is 0 Å². The molecular weight excluding hydrogens is 360 g/mol. The lowest BCUT2D eigenvalue weighted by Gasteiger charge is -2.09. The Bertz CT molecular complexity index is 982. The Hall–Kier alpha value is -3.19. The number of nitrogens with one attached hydrogen (secondary N) is 1. The fraction of sp³-hybridized carbons (Fsp3) is 0.150. The third-order valence-corrected chi connectivity index (χ3v) is 4.90. The third kappa shape index (κ3) is 4.92. The molecule has 0 aliphatic carbocycles. The SMILES string of the molecule is Cc1ccccc1COc1cccc(/C=N\NC(=O)c2sc(N)nc2C)c1. The topological polar surface area (TPSA) is 89.6 Å². The smallest absolute Gasteiger partial charge is 0.283 e. The fourth-order valence-corrected chi connectivity index (χ4v) is 3.19. The molecule has 0 aliphatic rings. The van der Waals surface area contributed by atoms with Gasteiger partial charge in [-0.05, 0) is 42.7 Å². The first kappa shape index (κ1) is 18.6. The molecule has 138 valence electrons. The lowest BCUT2D eigenvalue weighted by atomic mass is 10.1. The molecule has 0 fully saturated rings. The molecule has 0 aliphatic heterocycles. The number of carbonyl (C=O) groups is 1. The number of aromatic nitrogens is 1. The van der Waals surface area contributed by atoms with Crippen LogP contribution in [0, 0.1) is 13.8 Å². The zero-order chi connectivity index (χ0) is 19.2. The van der Waals surface area contributed by atoms with Crippen molar-refractivity contribution in [1.29, 1.82) is 0 Å². The number of hydrogen-bond donors (Lipinski definition) is 2. The van der Waals surface area contributed by atoms with Gasteiger partial charge in [0.05, 0.1) is 11.9 Å². The molecule has 3 N–H and O–H groups in total. The van der Waals surface area contributed by atoms with Crippen LogP contribution in [0.25, 0.3) is 0 Å². The van der Waals surface area contributed by atoms with Gasteiger partial charge in [-0.15, -0.1) is 0 Å². The van der Waals surface area contributed by atoms with Crippen LogP contribution in [0.3, 0.4) is 0 Å². The molecule has 1 aromatic heterocycles. The zero-order valence-electron chi connectivity index (χ0n) is 15.1. The molecule has 0 unspecified atom stereocenters. The van der Waals surface area contributed by atoms with Gasteiger partial charge in [-0.1, -0.05) is 47.7 Å². The maximum Gasteiger partial charge on any atom is 0.283 e. The van der Waals surface area contributed by atoms with E-state index in [1.54, 1.807) is 13.1 Å². The van der Waals surface area contributed by atoms with Crippen molar-refractivity contribution in [2.45, 2.75) is 20.5 Å². The first-order chi connectivity index (χ1) is 13.0. The van der Waals surface area contributed by atoms with Crippen molar-refractivity contribution >= 4 is 28.6 Å². The number of aryl methyl sites for hydroxylation is 2. The maximum atomic E-state index is 12.1. The predicted molar refractivity (Wildman–Crippen MR) is 108 cm³/mol. The summed E-state index contributed by atoms with van der Waals surface area (Å²) in [5.74, 6) is 0.407. The summed E-state index contributed by atoms with van der Waals surface area (Å²) >= 11 is 1.14. The van der Waals surface area contributed by atoms with Crippen molar-refractivity contribution in [2.75, 3.05) is 5.73 Å². The minimum atomic E-state index is -0.329. The number of nitrogen functional groups attached to an aromatic ring is 1. The third-order valence-electron chi connectivity index (χ3n) is 3.91. The molecule has 0 saturated heterocycles. The largest absolute Gasteiger partial charge is 0.489 e. The summed E-state index contributed by atoms with van der Waals surface area (Å²) in [6.45, 7) is 4.29. The van der Waals surface area contributed by atoms with E-state index < -0.39 is 0 Å². The summed E-state index contributed by atoms with van der Waals surface area (Å²) in [6, 6.07) is 15.6. The van der Waals surface area contributed by atoms with E-state index >= 15 is 0 Å². The standard InChI is InChI=1S/C20H20N4O2S/c1-13-6-3-4-8-16(13)12-26-17-9-5-7-15(10-17)11-22-24-19(25)18-14(2)23-20(21)27-18/h3-11H,12H2,1-2H3,(H2,21,23)(H,24,25)/b22-11-. The Labute approximate surface area is 161 Å². The Morgan fingerprint density at radius 1 is 1.26 bits per heavy atom. The second kappa shape index (κ2) is 8.46. The number of hydrogen-bond acceptors (Lipinski definition) is 6. The number of thiazole rings is 1. The summed E-state index contributed by atoms with van der Waals surface area (Å²) in [5.41, 5.74) is 11.8. The highest BCUT2D eigenvalue weighted by molar-refractivity contribution is 7.17. The van der Waals surface area contributed by atoms with Crippen LogP contribution in [0.4, 0.5) is 5.13 Å². The van der Waals surface area contributed by atoms with E-state index in [0.717, 1.165) is 28.2 Å². The highest BCUT2D eigenvalue weighted by atomic mass is 32.1. The van der Waals surface area contributed by atoms with Gasteiger partial charge in [0.2, 0.25) is 0 Å². The molecule has 1 heterocycles. The number of amides is 1. The maximum absolute atomic E-state index is 12.1. The summed E-state index contributed by atoms with van der Waals surface area (Å²) in [7, 11) is 0. The Balaban J connectivity index is 1.60. The van der Waals surface area contributed by atoms with Gasteiger partial charge < -0.3 is 10.5 Å². The number of carbonyl (C=O) groups excluding carboxylic acids is 1. The molecule has 0 radical (unpaired) electrons. The van der Waals surface area contributed by atoms with Gasteiger partial charge in [0.25, 0.3) is 5.91 Å². The molecule has 3 rings (SSSR count). The van der Waals surface area contributed by atoms with Crippen molar-refractivity contribution in [3.63, 3.8) is 0 Å². The summed E-state index contributed by atoms with van der Waals surface area (Å²) in [5, 5.41) is 4.36. The molecular formula is C20H20N4O2S. The van der Waals surface area contributed by atoms with Crippen LogP contribution in [-0.4, -0.2) is 17.1 Å². The summed E-state index contributed by atoms with van der Waals surface area (Å²) in [6.07, 6.45) is 1.57. The van der Waals surface area contributed by atoms with Gasteiger partial charge >= 0.3 is 0 Å². The molecule has 27 heavy (non-hydrogen) atoms. The predicted octanol–water partition coefficient (Wildman–Crippen LogP) is 3.69. The first-order valence-electron chi connectivity index (χ1n) is 8.36. The normalized spacial score (nSPS) is 10.9. The second-order valence-electron chi connectivity index (χ2n) is 5.95. The van der Waals surface area contributed by atoms with Crippen molar-refractivity contribution < 1.29 is 9.53 Å². The van der Waals surface area contributed by atoms with Crippen LogP contribution in [0.15, 0.2) is 53.6 Å². The lowest BCUT2D eigenvalue weighted by molar-refractivity contribution is 0.0958. The van der Waals surface area contributed by atoms with Gasteiger partial charge in [-0.2, -0.15) is 5.10 Å². The van der Waals surface area contributed by atoms with E-state index in [0.29, 0.717) is 22.3 Å². The van der Waals surface area contributed by atoms with E-state index in [1.165, 1.54) is 5.56 Å². The number of nitrogens with two attached hydrogens (primary N) is 1. The number of nitrogens with zero attached hydrogens (tertiary/aromatic N) is 2. The van der Waals surface area contributed by atoms with E-state index in [4.69, 9.17) is 10.5 Å². The van der Waals surface area contributed by atoms with Gasteiger partial charge in [0.15, 0.2) is 5.13 Å². The van der Waals surface area contributed by atoms with Crippen LogP contribution < -0.4 is 15.9 Å². The average molecular weight is 380 g/mol. The Morgan fingerprint density at radius 3 is 2.81 bits per heavy atom. The first-order valence-corrected chi connectivity index (χ1v) is 9.18. The van der Waals surface area contributed by atoms with Gasteiger partial charge in [-0.3, -0.25) is 4.79 Å². The molecule has 3 aromatic rings. The Kier molecular flexibility index (Phi) is 5.83. The molecule has 2 aromatic carbocycles. The molecule has 7 heteroatoms. The number of anilines is 1. The molecule has 0 atom stereocenters. The molecule has 6 nitrogen and oxygen atoms in total. The van der Waals surface area contributed by atoms with Gasteiger partial charge in [0.1, 0.15) is 17.2 Å². The second-order valence-corrected chi connectivity index (χ2v) is 6.98. The monoisotopic (exact) mass is 380 g/mol. The van der Waals surface area contributed by atoms with Crippen LogP contribution in [0.1, 0.15) is 32.1 Å². The molecule has 0 spiro atoms. The van der Waals surface area contributed by atoms with Gasteiger partial charge in [0, 0.05) is 0 Å². The fourth-order valence-electron chi connectivity index (χ4n) is 2.46. The number of rotatable bonds is 6. The molecule has 0 saturated carbocycles. The van der Waals surface area contributed by atoms with Crippen molar-refractivity contribution in [1.82, 2.24) is 10.4 Å². The van der Waals surface area contributed by atoms with Crippen molar-refractivity contribution in [2.24, 2.45) is 5.10 Å². The number of hydrazone groups is 1. The zero-order valence-corrected chi connectivity index (χ0v) is 15.9. The van der Waals surface area contributed by atoms with Crippen LogP contribution >= 0.6 is 11.3 Å². The lowest BCUT2D eigenvalue weighted by Crippen LogP contribution is -2.17. The Morgan fingerprint density at radius 2 is 2.07 bits per heavy atom. The van der Waals surface area contributed by atoms with Crippen molar-refractivity contribution in [3.05, 3.63) is 75.8 Å². The average Bonchev–Trinajstić information content (AvgIpc) is 3.00. The highest BCUT2D eigenvalue weighted by Gasteiger charge is 2.13. The van der Waals surface area contributed by atoms with E-state index in [2.05, 4.69) is 28.5 Å². The van der Waals surface area contributed by atoms with E-state index in [-0.39, 0.29) is 5.91 Å².